The predicted molar refractivity (Wildman–Crippen MR) is 82.1 cm³/mol. The fourth-order valence-electron chi connectivity index (χ4n) is 2.99. The lowest BCUT2D eigenvalue weighted by Gasteiger charge is -2.33. The zero-order valence-electron chi connectivity index (χ0n) is 12.3. The van der Waals surface area contributed by atoms with Crippen LogP contribution in [0, 0.1) is 13.8 Å². The van der Waals surface area contributed by atoms with Crippen LogP contribution in [0.25, 0.3) is 0 Å². The van der Waals surface area contributed by atoms with Gasteiger partial charge in [0.15, 0.2) is 0 Å². The number of aryl methyl sites for hydroxylation is 2. The maximum absolute atomic E-state index is 6.25. The molecule has 2 aromatic rings. The molecule has 0 saturated carbocycles. The number of nitrogens with one attached hydrogen (secondary N) is 1. The molecule has 0 aromatic heterocycles. The third-order valence-corrected chi connectivity index (χ3v) is 4.14. The minimum atomic E-state index is 0.127. The molecule has 2 heteroatoms. The summed E-state index contributed by atoms with van der Waals surface area (Å²) in [6, 6.07) is 15.3. The van der Waals surface area contributed by atoms with Gasteiger partial charge in [-0.15, -0.1) is 0 Å². The van der Waals surface area contributed by atoms with Crippen molar-refractivity contribution in [1.82, 2.24) is 5.32 Å². The van der Waals surface area contributed by atoms with Crippen molar-refractivity contribution in [3.63, 3.8) is 0 Å². The van der Waals surface area contributed by atoms with Crippen LogP contribution in [-0.4, -0.2) is 7.05 Å². The van der Waals surface area contributed by atoms with E-state index in [1.54, 1.807) is 0 Å². The second kappa shape index (κ2) is 5.29. The number of ether oxygens (including phenoxy) is 1. The van der Waals surface area contributed by atoms with Crippen LogP contribution < -0.4 is 10.1 Å². The smallest absolute Gasteiger partial charge is 0.126 e. The maximum Gasteiger partial charge on any atom is 0.126 e. The van der Waals surface area contributed by atoms with Gasteiger partial charge in [-0.1, -0.05) is 42.0 Å². The molecule has 0 aliphatic carbocycles. The van der Waals surface area contributed by atoms with E-state index in [2.05, 4.69) is 55.6 Å². The van der Waals surface area contributed by atoms with E-state index < -0.39 is 0 Å². The van der Waals surface area contributed by atoms with E-state index in [0.717, 1.165) is 12.2 Å². The number of benzene rings is 2. The molecule has 0 bridgehead atoms. The van der Waals surface area contributed by atoms with Gasteiger partial charge in [-0.2, -0.15) is 0 Å². The second-order valence-corrected chi connectivity index (χ2v) is 5.58. The van der Waals surface area contributed by atoms with Gasteiger partial charge < -0.3 is 10.1 Å². The lowest BCUT2D eigenvalue weighted by molar-refractivity contribution is 0.153. The second-order valence-electron chi connectivity index (χ2n) is 5.58. The minimum Gasteiger partial charge on any atom is -0.485 e. The summed E-state index contributed by atoms with van der Waals surface area (Å²) < 4.78 is 6.25. The summed E-state index contributed by atoms with van der Waals surface area (Å²) >= 11 is 0. The lowest BCUT2D eigenvalue weighted by atomic mass is 9.90. The summed E-state index contributed by atoms with van der Waals surface area (Å²) in [4.78, 5) is 0. The largest absolute Gasteiger partial charge is 0.485 e. The molecule has 2 unspecified atom stereocenters. The molecule has 3 rings (SSSR count). The molecule has 0 spiro atoms. The zero-order chi connectivity index (χ0) is 14.1. The zero-order valence-corrected chi connectivity index (χ0v) is 12.3. The number of fused-ring (bicyclic) bond motifs is 1. The molecule has 1 aliphatic rings. The molecular weight excluding hydrogens is 246 g/mol. The van der Waals surface area contributed by atoms with Crippen LogP contribution in [0.2, 0.25) is 0 Å². The van der Waals surface area contributed by atoms with Crippen LogP contribution in [0.4, 0.5) is 0 Å². The molecular formula is C18H21NO. The van der Waals surface area contributed by atoms with Gasteiger partial charge in [-0.05, 0) is 38.1 Å². The van der Waals surface area contributed by atoms with Crippen molar-refractivity contribution in [2.45, 2.75) is 32.4 Å². The first-order valence-corrected chi connectivity index (χ1v) is 7.19. The monoisotopic (exact) mass is 267 g/mol. The van der Waals surface area contributed by atoms with Gasteiger partial charge in [0, 0.05) is 18.0 Å². The topological polar surface area (TPSA) is 21.3 Å². The van der Waals surface area contributed by atoms with Crippen LogP contribution in [0.5, 0.6) is 5.75 Å². The Labute approximate surface area is 120 Å². The van der Waals surface area contributed by atoms with Crippen LogP contribution in [0.3, 0.4) is 0 Å². The molecule has 0 radical (unpaired) electrons. The average Bonchev–Trinajstić information content (AvgIpc) is 2.48. The third kappa shape index (κ3) is 2.32. The molecule has 1 N–H and O–H groups in total. The summed E-state index contributed by atoms with van der Waals surface area (Å²) in [5, 5.41) is 3.41. The van der Waals surface area contributed by atoms with Crippen molar-refractivity contribution >= 4 is 0 Å². The Balaban J connectivity index is 2.00. The lowest BCUT2D eigenvalue weighted by Crippen LogP contribution is -2.27. The Morgan fingerprint density at radius 1 is 1.05 bits per heavy atom. The van der Waals surface area contributed by atoms with E-state index >= 15 is 0 Å². The van der Waals surface area contributed by atoms with Gasteiger partial charge >= 0.3 is 0 Å². The molecule has 0 amide bonds. The van der Waals surface area contributed by atoms with Crippen molar-refractivity contribution in [3.05, 3.63) is 64.7 Å². The van der Waals surface area contributed by atoms with E-state index in [1.807, 2.05) is 13.1 Å². The molecule has 2 aromatic carbocycles. The fourth-order valence-corrected chi connectivity index (χ4v) is 2.99. The first-order chi connectivity index (χ1) is 9.69. The van der Waals surface area contributed by atoms with Crippen LogP contribution >= 0.6 is 0 Å². The van der Waals surface area contributed by atoms with Crippen LogP contribution in [-0.2, 0) is 0 Å². The predicted octanol–water partition coefficient (Wildman–Crippen LogP) is 4.09. The highest BCUT2D eigenvalue weighted by Gasteiger charge is 2.28. The maximum atomic E-state index is 6.25. The summed E-state index contributed by atoms with van der Waals surface area (Å²) in [5.41, 5.74) is 5.15. The SMILES string of the molecule is CNC1CC(c2cc(C)ccc2C)Oc2ccccc21. The Morgan fingerprint density at radius 3 is 2.65 bits per heavy atom. The van der Waals surface area contributed by atoms with Crippen LogP contribution in [0.15, 0.2) is 42.5 Å². The fraction of sp³-hybridized carbons (Fsp3) is 0.333. The number of rotatable bonds is 2. The number of hydrogen-bond donors (Lipinski definition) is 1. The minimum absolute atomic E-state index is 0.127. The molecule has 2 atom stereocenters. The Kier molecular flexibility index (Phi) is 3.49. The average molecular weight is 267 g/mol. The molecule has 20 heavy (non-hydrogen) atoms. The Bertz CT molecular complexity index is 621. The molecule has 1 aliphatic heterocycles. The standard InChI is InChI=1S/C18H21NO/c1-12-8-9-13(2)15(10-12)18-11-16(19-3)14-6-4-5-7-17(14)20-18/h4-10,16,18-19H,11H2,1-3H3. The third-order valence-electron chi connectivity index (χ3n) is 4.14. The highest BCUT2D eigenvalue weighted by atomic mass is 16.5. The molecule has 0 fully saturated rings. The van der Waals surface area contributed by atoms with Crippen molar-refractivity contribution in [1.29, 1.82) is 0 Å². The number of hydrogen-bond acceptors (Lipinski definition) is 2. The van der Waals surface area contributed by atoms with Crippen molar-refractivity contribution < 1.29 is 4.74 Å². The summed E-state index contributed by atoms with van der Waals surface area (Å²) in [7, 11) is 2.02. The number of para-hydroxylation sites is 1. The van der Waals surface area contributed by atoms with Crippen molar-refractivity contribution in [2.24, 2.45) is 0 Å². The van der Waals surface area contributed by atoms with E-state index in [-0.39, 0.29) is 6.10 Å². The van der Waals surface area contributed by atoms with Crippen molar-refractivity contribution in [3.8, 4) is 5.75 Å². The molecule has 0 saturated heterocycles. The highest BCUT2D eigenvalue weighted by molar-refractivity contribution is 5.41. The van der Waals surface area contributed by atoms with E-state index in [4.69, 9.17) is 4.74 Å². The van der Waals surface area contributed by atoms with Gasteiger partial charge in [0.2, 0.25) is 0 Å². The van der Waals surface area contributed by atoms with Gasteiger partial charge in [0.1, 0.15) is 11.9 Å². The summed E-state index contributed by atoms with van der Waals surface area (Å²) in [5.74, 6) is 1.00. The van der Waals surface area contributed by atoms with E-state index in [9.17, 15) is 0 Å². The molecule has 2 nitrogen and oxygen atoms in total. The summed E-state index contributed by atoms with van der Waals surface area (Å²) in [6.45, 7) is 4.29. The normalized spacial score (nSPS) is 21.1. The quantitative estimate of drug-likeness (QED) is 0.885. The van der Waals surface area contributed by atoms with Crippen LogP contribution in [0.1, 0.15) is 40.8 Å². The molecule has 1 heterocycles. The first kappa shape index (κ1) is 13.2. The van der Waals surface area contributed by atoms with Gasteiger partial charge in [-0.25, -0.2) is 0 Å². The van der Waals surface area contributed by atoms with Gasteiger partial charge in [0.25, 0.3) is 0 Å². The van der Waals surface area contributed by atoms with Crippen molar-refractivity contribution in [2.75, 3.05) is 7.05 Å². The molecule has 104 valence electrons. The highest BCUT2D eigenvalue weighted by Crippen LogP contribution is 2.41. The first-order valence-electron chi connectivity index (χ1n) is 7.19. The van der Waals surface area contributed by atoms with Gasteiger partial charge in [0.05, 0.1) is 0 Å². The van der Waals surface area contributed by atoms with E-state index in [1.165, 1.54) is 22.3 Å². The Morgan fingerprint density at radius 2 is 1.85 bits per heavy atom. The summed E-state index contributed by atoms with van der Waals surface area (Å²) in [6.07, 6.45) is 1.10. The Hall–Kier alpha value is -1.80. The van der Waals surface area contributed by atoms with Gasteiger partial charge in [-0.3, -0.25) is 0 Å². The van der Waals surface area contributed by atoms with E-state index in [0.29, 0.717) is 6.04 Å².